The molecule has 3 heteroatoms. The number of hydrogen-bond acceptors (Lipinski definition) is 3. The number of rotatable bonds is 3. The summed E-state index contributed by atoms with van der Waals surface area (Å²) >= 11 is 0. The second-order valence-electron chi connectivity index (χ2n) is 3.96. The van der Waals surface area contributed by atoms with Crippen LogP contribution < -0.4 is 15.8 Å². The first kappa shape index (κ1) is 9.19. The number of nitrogens with one attached hydrogen (secondary N) is 1. The SMILES string of the molecule is COc1cc(N)cc(NC2CC2C)c1. The Bertz CT molecular complexity index is 338. The molecule has 0 saturated heterocycles. The zero-order valence-corrected chi connectivity index (χ0v) is 8.58. The van der Waals surface area contributed by atoms with Crippen molar-refractivity contribution in [1.82, 2.24) is 0 Å². The van der Waals surface area contributed by atoms with E-state index in [0.29, 0.717) is 6.04 Å². The van der Waals surface area contributed by atoms with Crippen molar-refractivity contribution in [2.75, 3.05) is 18.2 Å². The van der Waals surface area contributed by atoms with E-state index in [-0.39, 0.29) is 0 Å². The third-order valence-electron chi connectivity index (χ3n) is 2.63. The molecule has 1 saturated carbocycles. The summed E-state index contributed by atoms with van der Waals surface area (Å²) < 4.78 is 5.14. The Labute approximate surface area is 84.3 Å². The molecule has 0 heterocycles. The van der Waals surface area contributed by atoms with Crippen LogP contribution in [0.3, 0.4) is 0 Å². The Kier molecular flexibility index (Phi) is 2.23. The fourth-order valence-corrected chi connectivity index (χ4v) is 1.56. The molecule has 1 aromatic carbocycles. The van der Waals surface area contributed by atoms with Crippen LogP contribution in [0.15, 0.2) is 18.2 Å². The predicted molar refractivity (Wildman–Crippen MR) is 58.6 cm³/mol. The summed E-state index contributed by atoms with van der Waals surface area (Å²) in [6.45, 7) is 2.24. The van der Waals surface area contributed by atoms with Gasteiger partial charge in [-0.05, 0) is 18.4 Å². The Hall–Kier alpha value is -1.38. The second kappa shape index (κ2) is 3.40. The molecule has 0 aromatic heterocycles. The second-order valence-corrected chi connectivity index (χ2v) is 3.96. The van der Waals surface area contributed by atoms with Gasteiger partial charge < -0.3 is 15.8 Å². The van der Waals surface area contributed by atoms with Gasteiger partial charge in [0.15, 0.2) is 0 Å². The molecule has 0 amide bonds. The van der Waals surface area contributed by atoms with Gasteiger partial charge in [-0.2, -0.15) is 0 Å². The molecule has 2 rings (SSSR count). The van der Waals surface area contributed by atoms with Crippen molar-refractivity contribution >= 4 is 11.4 Å². The van der Waals surface area contributed by atoms with E-state index in [0.717, 1.165) is 23.0 Å². The molecule has 1 aromatic rings. The van der Waals surface area contributed by atoms with Crippen molar-refractivity contribution in [3.63, 3.8) is 0 Å². The van der Waals surface area contributed by atoms with Crippen LogP contribution in [0, 0.1) is 5.92 Å². The van der Waals surface area contributed by atoms with Crippen LogP contribution in [0.5, 0.6) is 5.75 Å². The smallest absolute Gasteiger partial charge is 0.122 e. The molecule has 1 aliphatic carbocycles. The van der Waals surface area contributed by atoms with Crippen molar-refractivity contribution in [2.45, 2.75) is 19.4 Å². The summed E-state index contributed by atoms with van der Waals surface area (Å²) in [5.41, 5.74) is 7.53. The van der Waals surface area contributed by atoms with Gasteiger partial charge >= 0.3 is 0 Å². The van der Waals surface area contributed by atoms with Gasteiger partial charge in [-0.1, -0.05) is 6.92 Å². The molecular weight excluding hydrogens is 176 g/mol. The van der Waals surface area contributed by atoms with Gasteiger partial charge in [0, 0.05) is 29.5 Å². The summed E-state index contributed by atoms with van der Waals surface area (Å²) in [6.07, 6.45) is 1.25. The lowest BCUT2D eigenvalue weighted by molar-refractivity contribution is 0.415. The van der Waals surface area contributed by atoms with Crippen molar-refractivity contribution < 1.29 is 4.74 Å². The number of nitrogen functional groups attached to an aromatic ring is 1. The molecule has 14 heavy (non-hydrogen) atoms. The van der Waals surface area contributed by atoms with Gasteiger partial charge in [0.25, 0.3) is 0 Å². The third-order valence-corrected chi connectivity index (χ3v) is 2.63. The Morgan fingerprint density at radius 2 is 2.14 bits per heavy atom. The Morgan fingerprint density at radius 1 is 1.43 bits per heavy atom. The van der Waals surface area contributed by atoms with E-state index in [2.05, 4.69) is 12.2 Å². The molecule has 3 N–H and O–H groups in total. The minimum absolute atomic E-state index is 0.613. The van der Waals surface area contributed by atoms with E-state index in [9.17, 15) is 0 Å². The van der Waals surface area contributed by atoms with Gasteiger partial charge in [-0.25, -0.2) is 0 Å². The molecule has 0 radical (unpaired) electrons. The first-order valence-corrected chi connectivity index (χ1v) is 4.90. The van der Waals surface area contributed by atoms with Crippen molar-refractivity contribution in [3.05, 3.63) is 18.2 Å². The van der Waals surface area contributed by atoms with Crippen LogP contribution in [0.25, 0.3) is 0 Å². The van der Waals surface area contributed by atoms with Crippen LogP contribution in [-0.4, -0.2) is 13.2 Å². The molecule has 76 valence electrons. The zero-order chi connectivity index (χ0) is 10.1. The van der Waals surface area contributed by atoms with E-state index in [1.807, 2.05) is 18.2 Å². The summed E-state index contributed by atoms with van der Waals surface area (Å²) in [5, 5.41) is 3.42. The molecule has 3 nitrogen and oxygen atoms in total. The average Bonchev–Trinajstić information content (AvgIpc) is 2.80. The first-order chi connectivity index (χ1) is 6.69. The van der Waals surface area contributed by atoms with Gasteiger partial charge in [0.05, 0.1) is 7.11 Å². The number of methoxy groups -OCH3 is 1. The molecule has 2 unspecified atom stereocenters. The lowest BCUT2D eigenvalue weighted by atomic mass is 10.2. The summed E-state index contributed by atoms with van der Waals surface area (Å²) in [4.78, 5) is 0. The predicted octanol–water partition coefficient (Wildman–Crippen LogP) is 2.10. The summed E-state index contributed by atoms with van der Waals surface area (Å²) in [6, 6.07) is 6.35. The van der Waals surface area contributed by atoms with Crippen molar-refractivity contribution in [3.8, 4) is 5.75 Å². The lowest BCUT2D eigenvalue weighted by Crippen LogP contribution is -2.04. The van der Waals surface area contributed by atoms with Gasteiger partial charge in [0.1, 0.15) is 5.75 Å². The number of benzene rings is 1. The normalized spacial score (nSPS) is 24.4. The fourth-order valence-electron chi connectivity index (χ4n) is 1.56. The number of hydrogen-bond donors (Lipinski definition) is 2. The molecule has 1 fully saturated rings. The van der Waals surface area contributed by atoms with Crippen LogP contribution in [0.1, 0.15) is 13.3 Å². The fraction of sp³-hybridized carbons (Fsp3) is 0.455. The third kappa shape index (κ3) is 1.92. The minimum Gasteiger partial charge on any atom is -0.497 e. The quantitative estimate of drug-likeness (QED) is 0.721. The standard InChI is InChI=1S/C11H16N2O/c1-7-3-11(7)13-9-4-8(12)5-10(6-9)14-2/h4-7,11,13H,3,12H2,1-2H3. The number of anilines is 2. The molecule has 0 bridgehead atoms. The topological polar surface area (TPSA) is 47.3 Å². The monoisotopic (exact) mass is 192 g/mol. The van der Waals surface area contributed by atoms with E-state index in [1.165, 1.54) is 6.42 Å². The molecular formula is C11H16N2O. The maximum Gasteiger partial charge on any atom is 0.122 e. The van der Waals surface area contributed by atoms with Crippen LogP contribution >= 0.6 is 0 Å². The highest BCUT2D eigenvalue weighted by atomic mass is 16.5. The Balaban J connectivity index is 2.12. The minimum atomic E-state index is 0.613. The highest BCUT2D eigenvalue weighted by Crippen LogP contribution is 2.34. The largest absolute Gasteiger partial charge is 0.497 e. The number of ether oxygens (including phenoxy) is 1. The molecule has 0 spiro atoms. The van der Waals surface area contributed by atoms with Gasteiger partial charge in [0.2, 0.25) is 0 Å². The molecule has 0 aliphatic heterocycles. The van der Waals surface area contributed by atoms with Crippen molar-refractivity contribution in [2.24, 2.45) is 5.92 Å². The maximum absolute atomic E-state index is 5.75. The highest BCUT2D eigenvalue weighted by molar-refractivity contribution is 5.60. The van der Waals surface area contributed by atoms with E-state index < -0.39 is 0 Å². The highest BCUT2D eigenvalue weighted by Gasteiger charge is 2.32. The Morgan fingerprint density at radius 3 is 2.71 bits per heavy atom. The van der Waals surface area contributed by atoms with Gasteiger partial charge in [-0.15, -0.1) is 0 Å². The lowest BCUT2D eigenvalue weighted by Gasteiger charge is -2.08. The van der Waals surface area contributed by atoms with E-state index in [4.69, 9.17) is 10.5 Å². The molecule has 1 aliphatic rings. The van der Waals surface area contributed by atoms with Crippen molar-refractivity contribution in [1.29, 1.82) is 0 Å². The van der Waals surface area contributed by atoms with Crippen LogP contribution in [0.4, 0.5) is 11.4 Å². The summed E-state index contributed by atoms with van der Waals surface area (Å²) in [7, 11) is 1.65. The number of nitrogens with two attached hydrogens (primary N) is 1. The zero-order valence-electron chi connectivity index (χ0n) is 8.58. The van der Waals surface area contributed by atoms with E-state index >= 15 is 0 Å². The molecule has 2 atom stereocenters. The van der Waals surface area contributed by atoms with Crippen LogP contribution in [-0.2, 0) is 0 Å². The van der Waals surface area contributed by atoms with Gasteiger partial charge in [-0.3, -0.25) is 0 Å². The first-order valence-electron chi connectivity index (χ1n) is 4.90. The summed E-state index contributed by atoms with van der Waals surface area (Å²) in [5.74, 6) is 1.59. The average molecular weight is 192 g/mol. The van der Waals surface area contributed by atoms with Crippen LogP contribution in [0.2, 0.25) is 0 Å². The van der Waals surface area contributed by atoms with E-state index in [1.54, 1.807) is 7.11 Å². The maximum atomic E-state index is 5.75.